The van der Waals surface area contributed by atoms with Gasteiger partial charge in [0.2, 0.25) is 0 Å². The molecular weight excluding hydrogens is 755 g/mol. The summed E-state index contributed by atoms with van der Waals surface area (Å²) in [6, 6.07) is 73.0. The van der Waals surface area contributed by atoms with E-state index in [4.69, 9.17) is 15.0 Å². The number of nitrogens with zero attached hydrogens (tertiary/aromatic N) is 5. The number of fused-ring (bicyclic) bond motifs is 6. The molecular formula is C57H39N5. The van der Waals surface area contributed by atoms with Crippen molar-refractivity contribution in [1.82, 2.24) is 19.5 Å². The average Bonchev–Trinajstić information content (AvgIpc) is 3.88. The van der Waals surface area contributed by atoms with Crippen molar-refractivity contribution in [1.29, 1.82) is 0 Å². The molecule has 1 aliphatic heterocycles. The van der Waals surface area contributed by atoms with Crippen LogP contribution >= 0.6 is 0 Å². The number of para-hydroxylation sites is 4. The number of allylic oxidation sites excluding steroid dienone is 2. The first-order valence-corrected chi connectivity index (χ1v) is 21.2. The Kier molecular flexibility index (Phi) is 8.56. The molecule has 0 saturated carbocycles. The van der Waals surface area contributed by atoms with Crippen molar-refractivity contribution in [3.05, 3.63) is 236 Å². The first-order chi connectivity index (χ1) is 30.8. The lowest BCUT2D eigenvalue weighted by Gasteiger charge is -2.30. The van der Waals surface area contributed by atoms with Crippen molar-refractivity contribution in [3.63, 3.8) is 0 Å². The fourth-order valence-electron chi connectivity index (χ4n) is 9.64. The molecule has 1 unspecified atom stereocenters. The maximum absolute atomic E-state index is 5.09. The highest BCUT2D eigenvalue weighted by molar-refractivity contribution is 6.13. The molecule has 12 rings (SSSR count). The highest BCUT2D eigenvalue weighted by atomic mass is 15.2. The number of hydrogen-bond donors (Lipinski definition) is 0. The molecule has 5 nitrogen and oxygen atoms in total. The molecule has 0 bridgehead atoms. The van der Waals surface area contributed by atoms with Crippen molar-refractivity contribution < 1.29 is 0 Å². The zero-order chi connectivity index (χ0) is 41.0. The van der Waals surface area contributed by atoms with Crippen LogP contribution < -0.4 is 4.90 Å². The maximum Gasteiger partial charge on any atom is 0.164 e. The standard InChI is InChI=1S/C57H39N5/c1-5-18-38(19-6-1)55-58-56(39-20-7-2-8-21-39)60-57(59-55)42-23-15-22-40(36-42)45-29-17-33-52-53(45)49-37-41(34-35-51(49)61(52)43-24-9-3-10-25-43)46-30-16-31-48-47-28-13-14-32-50(47)62(54(46)48)44-26-11-4-12-27-44/h1-37,49,51H/t49?,51-/m0/s1. The summed E-state index contributed by atoms with van der Waals surface area (Å²) in [5.41, 5.74) is 14.8. The number of anilines is 2. The molecule has 0 amide bonds. The van der Waals surface area contributed by atoms with E-state index in [1.54, 1.807) is 0 Å². The van der Waals surface area contributed by atoms with Gasteiger partial charge < -0.3 is 9.47 Å². The third kappa shape index (κ3) is 5.97. The van der Waals surface area contributed by atoms with Crippen LogP contribution in [0.25, 0.3) is 78.4 Å². The number of aromatic nitrogens is 4. The molecule has 0 fully saturated rings. The quantitative estimate of drug-likeness (QED) is 0.161. The minimum atomic E-state index is 0.0708. The van der Waals surface area contributed by atoms with Gasteiger partial charge in [-0.15, -0.1) is 0 Å². The first-order valence-electron chi connectivity index (χ1n) is 21.2. The van der Waals surface area contributed by atoms with E-state index in [0.29, 0.717) is 17.5 Å². The predicted octanol–water partition coefficient (Wildman–Crippen LogP) is 13.9. The van der Waals surface area contributed by atoms with Crippen LogP contribution in [0.1, 0.15) is 17.0 Å². The Morgan fingerprint density at radius 1 is 0.419 bits per heavy atom. The molecule has 0 N–H and O–H groups in total. The van der Waals surface area contributed by atoms with E-state index in [9.17, 15) is 0 Å². The van der Waals surface area contributed by atoms with Crippen molar-refractivity contribution in [2.45, 2.75) is 12.0 Å². The molecule has 10 aromatic rings. The van der Waals surface area contributed by atoms with Gasteiger partial charge in [-0.2, -0.15) is 0 Å². The largest absolute Gasteiger partial charge is 0.333 e. The number of rotatable bonds is 7. The Labute approximate surface area is 360 Å². The molecule has 2 atom stereocenters. The number of hydrogen-bond acceptors (Lipinski definition) is 4. The van der Waals surface area contributed by atoms with Crippen LogP contribution in [0.3, 0.4) is 0 Å². The second kappa shape index (κ2) is 14.8. The molecule has 0 saturated heterocycles. The SMILES string of the molecule is C1=C[C@H]2C(C=C1c1cccc3c4ccccc4n(-c4ccccc4)c13)c1c(-c3cccc(-c4nc(-c5ccccc5)nc(-c5ccccc5)n4)c3)cccc1N2c1ccccc1. The minimum absolute atomic E-state index is 0.0708. The topological polar surface area (TPSA) is 46.8 Å². The van der Waals surface area contributed by atoms with Gasteiger partial charge in [0.05, 0.1) is 17.1 Å². The molecule has 8 aromatic carbocycles. The first kappa shape index (κ1) is 35.8. The van der Waals surface area contributed by atoms with Gasteiger partial charge >= 0.3 is 0 Å². The highest BCUT2D eigenvalue weighted by Gasteiger charge is 2.40. The summed E-state index contributed by atoms with van der Waals surface area (Å²) >= 11 is 0. The van der Waals surface area contributed by atoms with Crippen LogP contribution in [0.5, 0.6) is 0 Å². The fraction of sp³-hybridized carbons (Fsp3) is 0.0351. The van der Waals surface area contributed by atoms with Crippen molar-refractivity contribution >= 4 is 38.8 Å². The summed E-state index contributed by atoms with van der Waals surface area (Å²) in [7, 11) is 0. The lowest BCUT2D eigenvalue weighted by Crippen LogP contribution is -2.28. The second-order valence-electron chi connectivity index (χ2n) is 16.0. The van der Waals surface area contributed by atoms with E-state index in [2.05, 4.69) is 198 Å². The predicted molar refractivity (Wildman–Crippen MR) is 255 cm³/mol. The zero-order valence-corrected chi connectivity index (χ0v) is 33.8. The normalized spacial score (nSPS) is 15.4. The Bertz CT molecular complexity index is 3300. The van der Waals surface area contributed by atoms with Gasteiger partial charge in [0.25, 0.3) is 0 Å². The van der Waals surface area contributed by atoms with Crippen LogP contribution in [0.15, 0.2) is 224 Å². The molecule has 2 aromatic heterocycles. The van der Waals surface area contributed by atoms with Crippen molar-refractivity contribution in [3.8, 4) is 51.0 Å². The van der Waals surface area contributed by atoms with Crippen LogP contribution in [0.2, 0.25) is 0 Å². The Hall–Kier alpha value is -8.15. The van der Waals surface area contributed by atoms with Gasteiger partial charge in [-0.3, -0.25) is 0 Å². The average molecular weight is 794 g/mol. The number of benzene rings is 8. The van der Waals surface area contributed by atoms with Crippen LogP contribution in [0.4, 0.5) is 11.4 Å². The third-order valence-electron chi connectivity index (χ3n) is 12.4. The van der Waals surface area contributed by atoms with E-state index in [1.807, 2.05) is 36.4 Å². The molecule has 292 valence electrons. The Balaban J connectivity index is 1.03. The Morgan fingerprint density at radius 3 is 1.66 bits per heavy atom. The molecule has 1 aliphatic carbocycles. The molecule has 2 aliphatic rings. The summed E-state index contributed by atoms with van der Waals surface area (Å²) in [4.78, 5) is 17.6. The molecule has 0 spiro atoms. The second-order valence-corrected chi connectivity index (χ2v) is 16.0. The highest BCUT2D eigenvalue weighted by Crippen LogP contribution is 2.53. The summed E-state index contributed by atoms with van der Waals surface area (Å²) < 4.78 is 2.43. The summed E-state index contributed by atoms with van der Waals surface area (Å²) in [5, 5.41) is 2.50. The molecule has 5 heteroatoms. The minimum Gasteiger partial charge on any atom is -0.333 e. The lowest BCUT2D eigenvalue weighted by atomic mass is 9.82. The van der Waals surface area contributed by atoms with Gasteiger partial charge in [-0.25, -0.2) is 15.0 Å². The van der Waals surface area contributed by atoms with Gasteiger partial charge in [-0.1, -0.05) is 182 Å². The monoisotopic (exact) mass is 793 g/mol. The molecule has 62 heavy (non-hydrogen) atoms. The van der Waals surface area contributed by atoms with Crippen LogP contribution in [0, 0.1) is 0 Å². The van der Waals surface area contributed by atoms with Gasteiger partial charge in [0.1, 0.15) is 0 Å². The van der Waals surface area contributed by atoms with Crippen molar-refractivity contribution in [2.75, 3.05) is 4.90 Å². The summed E-state index contributed by atoms with van der Waals surface area (Å²) in [5.74, 6) is 2.01. The lowest BCUT2D eigenvalue weighted by molar-refractivity contribution is 0.748. The maximum atomic E-state index is 5.09. The molecule has 0 radical (unpaired) electrons. The van der Waals surface area contributed by atoms with E-state index in [0.717, 1.165) is 27.9 Å². The smallest absolute Gasteiger partial charge is 0.164 e. The van der Waals surface area contributed by atoms with Gasteiger partial charge in [0, 0.05) is 56.0 Å². The molecule has 3 heterocycles. The van der Waals surface area contributed by atoms with E-state index in [-0.39, 0.29) is 12.0 Å². The fourth-order valence-corrected chi connectivity index (χ4v) is 9.64. The van der Waals surface area contributed by atoms with Crippen LogP contribution in [-0.2, 0) is 0 Å². The van der Waals surface area contributed by atoms with Crippen LogP contribution in [-0.4, -0.2) is 25.6 Å². The summed E-state index contributed by atoms with van der Waals surface area (Å²) in [6.45, 7) is 0. The van der Waals surface area contributed by atoms with Gasteiger partial charge in [-0.05, 0) is 64.7 Å². The summed E-state index contributed by atoms with van der Waals surface area (Å²) in [6.07, 6.45) is 7.29. The third-order valence-corrected chi connectivity index (χ3v) is 12.4. The Morgan fingerprint density at radius 2 is 0.952 bits per heavy atom. The zero-order valence-electron chi connectivity index (χ0n) is 33.8. The van der Waals surface area contributed by atoms with Crippen molar-refractivity contribution in [2.24, 2.45) is 0 Å². The van der Waals surface area contributed by atoms with E-state index >= 15 is 0 Å². The van der Waals surface area contributed by atoms with E-state index < -0.39 is 0 Å². The van der Waals surface area contributed by atoms with E-state index in [1.165, 1.54) is 55.4 Å². The van der Waals surface area contributed by atoms with Gasteiger partial charge in [0.15, 0.2) is 17.5 Å².